The summed E-state index contributed by atoms with van der Waals surface area (Å²) in [6, 6.07) is 5.58. The van der Waals surface area contributed by atoms with Crippen molar-refractivity contribution in [3.63, 3.8) is 0 Å². The molecular weight excluding hydrogens is 248 g/mol. The van der Waals surface area contributed by atoms with E-state index in [1.165, 1.54) is 24.3 Å². The van der Waals surface area contributed by atoms with E-state index in [-0.39, 0.29) is 11.7 Å². The largest absolute Gasteiger partial charge is 0.330 e. The Morgan fingerprint density at radius 1 is 1.47 bits per heavy atom. The number of anilines is 1. The molecule has 7 heteroatoms. The molecule has 19 heavy (non-hydrogen) atoms. The van der Waals surface area contributed by atoms with Crippen LogP contribution in [0.5, 0.6) is 0 Å². The van der Waals surface area contributed by atoms with Crippen molar-refractivity contribution < 1.29 is 9.72 Å². The van der Waals surface area contributed by atoms with Gasteiger partial charge in [-0.25, -0.2) is 4.79 Å². The summed E-state index contributed by atoms with van der Waals surface area (Å²) in [5, 5.41) is 13.2. The summed E-state index contributed by atoms with van der Waals surface area (Å²) in [6.07, 6.45) is 0.921. The van der Waals surface area contributed by atoms with E-state index in [0.717, 1.165) is 6.42 Å². The first-order valence-corrected chi connectivity index (χ1v) is 6.10. The maximum atomic E-state index is 11.9. The van der Waals surface area contributed by atoms with Gasteiger partial charge in [0.15, 0.2) is 0 Å². The van der Waals surface area contributed by atoms with Crippen LogP contribution in [0.2, 0.25) is 0 Å². The molecule has 1 heterocycles. The second-order valence-electron chi connectivity index (χ2n) is 4.57. The molecule has 3 N–H and O–H groups in total. The molecule has 1 saturated heterocycles. The van der Waals surface area contributed by atoms with Gasteiger partial charge in [-0.3, -0.25) is 10.1 Å². The highest BCUT2D eigenvalue weighted by Crippen LogP contribution is 2.18. The summed E-state index contributed by atoms with van der Waals surface area (Å²) in [6.45, 7) is 1.94. The molecule has 2 rings (SSSR count). The molecule has 1 fully saturated rings. The number of hydrogen-bond donors (Lipinski definition) is 2. The van der Waals surface area contributed by atoms with E-state index >= 15 is 0 Å². The predicted octanol–water partition coefficient (Wildman–Crippen LogP) is 1.41. The van der Waals surface area contributed by atoms with Crippen LogP contribution in [-0.4, -0.2) is 35.5 Å². The number of amides is 2. The van der Waals surface area contributed by atoms with Gasteiger partial charge in [-0.05, 0) is 31.0 Å². The minimum Gasteiger partial charge on any atom is -0.330 e. The number of rotatable bonds is 3. The lowest BCUT2D eigenvalue weighted by molar-refractivity contribution is -0.384. The third kappa shape index (κ3) is 3.19. The molecule has 7 nitrogen and oxygen atoms in total. The van der Waals surface area contributed by atoms with Crippen molar-refractivity contribution in [1.82, 2.24) is 4.90 Å². The first-order valence-electron chi connectivity index (χ1n) is 6.10. The number of nitro benzene ring substituents is 1. The minimum atomic E-state index is -0.474. The molecule has 0 spiro atoms. The number of non-ortho nitro benzene ring substituents is 1. The molecule has 2 amide bonds. The molecule has 1 unspecified atom stereocenters. The van der Waals surface area contributed by atoms with Gasteiger partial charge in [0.05, 0.1) is 4.92 Å². The summed E-state index contributed by atoms with van der Waals surface area (Å²) in [5.74, 6) is 0.364. The van der Waals surface area contributed by atoms with Gasteiger partial charge in [0.2, 0.25) is 0 Å². The average molecular weight is 264 g/mol. The van der Waals surface area contributed by atoms with Gasteiger partial charge in [-0.1, -0.05) is 0 Å². The Kier molecular flexibility index (Phi) is 3.96. The standard InChI is InChI=1S/C12H16N4O3/c13-7-9-5-6-15(8-9)12(17)14-10-1-3-11(4-2-10)16(18)19/h1-4,9H,5-8,13H2,(H,14,17). The van der Waals surface area contributed by atoms with Crippen LogP contribution in [-0.2, 0) is 0 Å². The number of nitrogens with zero attached hydrogens (tertiary/aromatic N) is 2. The summed E-state index contributed by atoms with van der Waals surface area (Å²) < 4.78 is 0. The van der Waals surface area contributed by atoms with E-state index in [2.05, 4.69) is 5.32 Å². The van der Waals surface area contributed by atoms with E-state index in [0.29, 0.717) is 31.2 Å². The fourth-order valence-electron chi connectivity index (χ4n) is 2.08. The van der Waals surface area contributed by atoms with Crippen LogP contribution in [0.4, 0.5) is 16.2 Å². The highest BCUT2D eigenvalue weighted by molar-refractivity contribution is 5.89. The third-order valence-corrected chi connectivity index (χ3v) is 3.24. The lowest BCUT2D eigenvalue weighted by Gasteiger charge is -2.17. The van der Waals surface area contributed by atoms with Gasteiger partial charge >= 0.3 is 6.03 Å². The number of urea groups is 1. The predicted molar refractivity (Wildman–Crippen MR) is 70.8 cm³/mol. The van der Waals surface area contributed by atoms with Gasteiger partial charge in [-0.2, -0.15) is 0 Å². The fraction of sp³-hybridized carbons (Fsp3) is 0.417. The normalized spacial score (nSPS) is 18.4. The van der Waals surface area contributed by atoms with Crippen molar-refractivity contribution in [3.8, 4) is 0 Å². The van der Waals surface area contributed by atoms with E-state index in [1.54, 1.807) is 4.90 Å². The molecule has 102 valence electrons. The number of likely N-dealkylation sites (tertiary alicyclic amines) is 1. The highest BCUT2D eigenvalue weighted by atomic mass is 16.6. The molecule has 1 aromatic rings. The first kappa shape index (κ1) is 13.3. The molecule has 0 aromatic heterocycles. The molecule has 1 aromatic carbocycles. The lowest BCUT2D eigenvalue weighted by Crippen LogP contribution is -2.33. The van der Waals surface area contributed by atoms with E-state index in [1.807, 2.05) is 0 Å². The van der Waals surface area contributed by atoms with Crippen LogP contribution in [0.25, 0.3) is 0 Å². The Labute approximate surface area is 110 Å². The Hall–Kier alpha value is -2.15. The summed E-state index contributed by atoms with van der Waals surface area (Å²) in [4.78, 5) is 23.7. The number of hydrogen-bond acceptors (Lipinski definition) is 4. The van der Waals surface area contributed by atoms with Gasteiger partial charge in [0.25, 0.3) is 5.69 Å². The number of carbonyl (C=O) groups is 1. The lowest BCUT2D eigenvalue weighted by atomic mass is 10.1. The van der Waals surface area contributed by atoms with Gasteiger partial charge < -0.3 is 16.0 Å². The monoisotopic (exact) mass is 264 g/mol. The maximum absolute atomic E-state index is 11.9. The molecule has 0 radical (unpaired) electrons. The molecule has 1 aliphatic heterocycles. The van der Waals surface area contributed by atoms with Crippen molar-refractivity contribution in [3.05, 3.63) is 34.4 Å². The van der Waals surface area contributed by atoms with Crippen molar-refractivity contribution in [2.24, 2.45) is 11.7 Å². The summed E-state index contributed by atoms with van der Waals surface area (Å²) >= 11 is 0. The number of nitro groups is 1. The van der Waals surface area contributed by atoms with E-state index < -0.39 is 4.92 Å². The van der Waals surface area contributed by atoms with Crippen molar-refractivity contribution in [1.29, 1.82) is 0 Å². The number of carbonyl (C=O) groups excluding carboxylic acids is 1. The average Bonchev–Trinajstić information content (AvgIpc) is 2.88. The molecule has 1 atom stereocenters. The number of benzene rings is 1. The SMILES string of the molecule is NCC1CCN(C(=O)Nc2ccc([N+](=O)[O-])cc2)C1. The van der Waals surface area contributed by atoms with Crippen LogP contribution < -0.4 is 11.1 Å². The van der Waals surface area contributed by atoms with Crippen LogP contribution in [0, 0.1) is 16.0 Å². The second kappa shape index (κ2) is 5.66. The summed E-state index contributed by atoms with van der Waals surface area (Å²) in [7, 11) is 0. The smallest absolute Gasteiger partial charge is 0.321 e. The quantitative estimate of drug-likeness (QED) is 0.636. The zero-order valence-corrected chi connectivity index (χ0v) is 10.4. The van der Waals surface area contributed by atoms with Crippen molar-refractivity contribution in [2.75, 3.05) is 25.0 Å². The Morgan fingerprint density at radius 3 is 2.68 bits per heavy atom. The van der Waals surface area contributed by atoms with Gasteiger partial charge in [0.1, 0.15) is 0 Å². The Balaban J connectivity index is 1.94. The van der Waals surface area contributed by atoms with Gasteiger partial charge in [0, 0.05) is 30.9 Å². The Bertz CT molecular complexity index is 474. The van der Waals surface area contributed by atoms with Crippen LogP contribution in [0.3, 0.4) is 0 Å². The van der Waals surface area contributed by atoms with Crippen LogP contribution in [0.1, 0.15) is 6.42 Å². The summed E-state index contributed by atoms with van der Waals surface area (Å²) in [5.41, 5.74) is 6.12. The van der Waals surface area contributed by atoms with E-state index in [9.17, 15) is 14.9 Å². The zero-order valence-electron chi connectivity index (χ0n) is 10.4. The van der Waals surface area contributed by atoms with E-state index in [4.69, 9.17) is 5.73 Å². The number of nitrogens with one attached hydrogen (secondary N) is 1. The van der Waals surface area contributed by atoms with Gasteiger partial charge in [-0.15, -0.1) is 0 Å². The van der Waals surface area contributed by atoms with Crippen LogP contribution >= 0.6 is 0 Å². The third-order valence-electron chi connectivity index (χ3n) is 3.24. The first-order chi connectivity index (χ1) is 9.10. The molecule has 1 aliphatic rings. The number of nitrogens with two attached hydrogens (primary N) is 1. The molecule has 0 bridgehead atoms. The Morgan fingerprint density at radius 2 is 2.16 bits per heavy atom. The fourth-order valence-corrected chi connectivity index (χ4v) is 2.08. The van der Waals surface area contributed by atoms with Crippen molar-refractivity contribution >= 4 is 17.4 Å². The molecule has 0 saturated carbocycles. The topological polar surface area (TPSA) is 102 Å². The molecule has 0 aliphatic carbocycles. The zero-order chi connectivity index (χ0) is 13.8. The highest BCUT2D eigenvalue weighted by Gasteiger charge is 2.25. The second-order valence-corrected chi connectivity index (χ2v) is 4.57. The van der Waals surface area contributed by atoms with Crippen molar-refractivity contribution in [2.45, 2.75) is 6.42 Å². The van der Waals surface area contributed by atoms with Crippen LogP contribution in [0.15, 0.2) is 24.3 Å². The molecular formula is C12H16N4O3. The maximum Gasteiger partial charge on any atom is 0.321 e. The minimum absolute atomic E-state index is 0.00219.